The third kappa shape index (κ3) is 11.6. The summed E-state index contributed by atoms with van der Waals surface area (Å²) in [6, 6.07) is 0. The van der Waals surface area contributed by atoms with E-state index in [-0.39, 0.29) is 0 Å². The summed E-state index contributed by atoms with van der Waals surface area (Å²) >= 11 is 0. The van der Waals surface area contributed by atoms with Crippen LogP contribution in [0.2, 0.25) is 0 Å². The van der Waals surface area contributed by atoms with Crippen molar-refractivity contribution >= 4 is 0 Å². The Hall–Kier alpha value is -0.440. The molecule has 0 aliphatic rings. The highest BCUT2D eigenvalue weighted by molar-refractivity contribution is 4.98. The normalized spacial score (nSPS) is 9.57. The van der Waals surface area contributed by atoms with Crippen molar-refractivity contribution in [2.75, 3.05) is 0 Å². The van der Waals surface area contributed by atoms with Crippen molar-refractivity contribution in [3.63, 3.8) is 0 Å². The quantitative estimate of drug-likeness (QED) is 0.379. The van der Waals surface area contributed by atoms with Crippen molar-refractivity contribution in [1.82, 2.24) is 0 Å². The van der Waals surface area contributed by atoms with Crippen LogP contribution >= 0.6 is 0 Å². The first-order valence-electron chi connectivity index (χ1n) is 6.37. The van der Waals surface area contributed by atoms with Gasteiger partial charge in [0.25, 0.3) is 0 Å². The van der Waals surface area contributed by atoms with Gasteiger partial charge in [0.15, 0.2) is 0 Å². The molecule has 0 nitrogen and oxygen atoms in total. The first kappa shape index (κ1) is 13.6. The zero-order chi connectivity index (χ0) is 10.5. The van der Waals surface area contributed by atoms with Gasteiger partial charge < -0.3 is 0 Å². The van der Waals surface area contributed by atoms with Crippen LogP contribution in [0.4, 0.5) is 0 Å². The molecule has 0 heteroatoms. The number of hydrogen-bond donors (Lipinski definition) is 0. The predicted octanol–water partition coefficient (Wildman–Crippen LogP) is 4.93. The van der Waals surface area contributed by atoms with Crippen LogP contribution in [-0.4, -0.2) is 0 Å². The van der Waals surface area contributed by atoms with Gasteiger partial charge in [-0.2, -0.15) is 0 Å². The van der Waals surface area contributed by atoms with Crippen LogP contribution in [0.3, 0.4) is 0 Å². The molecule has 0 N–H and O–H groups in total. The molecule has 0 aromatic heterocycles. The highest BCUT2D eigenvalue weighted by atomic mass is 13.9. The minimum absolute atomic E-state index is 1.08. The summed E-state index contributed by atoms with van der Waals surface area (Å²) in [7, 11) is 0. The van der Waals surface area contributed by atoms with Gasteiger partial charge in [-0.25, -0.2) is 0 Å². The van der Waals surface area contributed by atoms with Crippen LogP contribution in [0, 0.1) is 11.8 Å². The van der Waals surface area contributed by atoms with E-state index in [1.807, 2.05) is 0 Å². The van der Waals surface area contributed by atoms with Gasteiger partial charge in [0, 0.05) is 12.8 Å². The topological polar surface area (TPSA) is 0 Å². The Morgan fingerprint density at radius 3 is 1.79 bits per heavy atom. The van der Waals surface area contributed by atoms with Gasteiger partial charge in [0.2, 0.25) is 0 Å². The van der Waals surface area contributed by atoms with Crippen LogP contribution in [0.5, 0.6) is 0 Å². The summed E-state index contributed by atoms with van der Waals surface area (Å²) in [6.07, 6.45) is 13.1. The van der Waals surface area contributed by atoms with E-state index < -0.39 is 0 Å². The molecule has 14 heavy (non-hydrogen) atoms. The van der Waals surface area contributed by atoms with E-state index in [4.69, 9.17) is 0 Å². The van der Waals surface area contributed by atoms with Gasteiger partial charge in [-0.3, -0.25) is 0 Å². The largest absolute Gasteiger partial charge is 0.103 e. The fourth-order valence-corrected chi connectivity index (χ4v) is 1.47. The predicted molar refractivity (Wildman–Crippen MR) is 65.3 cm³/mol. The minimum atomic E-state index is 1.08. The fraction of sp³-hybridized carbons (Fsp3) is 0.857. The van der Waals surface area contributed by atoms with E-state index in [0.29, 0.717) is 0 Å². The zero-order valence-corrected chi connectivity index (χ0v) is 10.1. The summed E-state index contributed by atoms with van der Waals surface area (Å²) < 4.78 is 0. The monoisotopic (exact) mass is 194 g/mol. The van der Waals surface area contributed by atoms with Gasteiger partial charge >= 0.3 is 0 Å². The highest BCUT2D eigenvalue weighted by Gasteiger charge is 1.88. The van der Waals surface area contributed by atoms with E-state index in [0.717, 1.165) is 12.8 Å². The van der Waals surface area contributed by atoms with Crippen molar-refractivity contribution in [2.45, 2.75) is 78.1 Å². The highest BCUT2D eigenvalue weighted by Crippen LogP contribution is 2.07. The molecular formula is C14H26. The molecule has 0 aromatic rings. The maximum atomic E-state index is 3.24. The lowest BCUT2D eigenvalue weighted by atomic mass is 10.1. The Morgan fingerprint density at radius 1 is 0.571 bits per heavy atom. The maximum absolute atomic E-state index is 3.24. The van der Waals surface area contributed by atoms with Crippen molar-refractivity contribution in [2.24, 2.45) is 0 Å². The minimum Gasteiger partial charge on any atom is -0.103 e. The first-order chi connectivity index (χ1) is 6.91. The lowest BCUT2D eigenvalue weighted by Gasteiger charge is -1.97. The smallest absolute Gasteiger partial charge is 0.00886 e. The molecule has 0 aromatic carbocycles. The number of unbranched alkanes of at least 4 members (excludes halogenated alkanes) is 8. The van der Waals surface area contributed by atoms with Crippen LogP contribution < -0.4 is 0 Å². The Morgan fingerprint density at radius 2 is 1.14 bits per heavy atom. The number of rotatable bonds is 8. The van der Waals surface area contributed by atoms with Crippen LogP contribution in [0.15, 0.2) is 0 Å². The Bertz CT molecular complexity index is 147. The SMILES string of the molecule is CCCC#CCCCCCCCCC. The molecule has 0 radical (unpaired) electrons. The molecule has 0 saturated heterocycles. The molecule has 0 heterocycles. The summed E-state index contributed by atoms with van der Waals surface area (Å²) in [5, 5.41) is 0. The van der Waals surface area contributed by atoms with Crippen molar-refractivity contribution in [1.29, 1.82) is 0 Å². The van der Waals surface area contributed by atoms with E-state index in [1.54, 1.807) is 0 Å². The standard InChI is InChI=1S/C14H26/c1-3-5-7-9-11-13-14-12-10-8-6-4-2/h3-7,9,11-14H2,1-2H3. The second-order valence-electron chi connectivity index (χ2n) is 3.97. The first-order valence-corrected chi connectivity index (χ1v) is 6.37. The van der Waals surface area contributed by atoms with Crippen molar-refractivity contribution in [3.8, 4) is 11.8 Å². The van der Waals surface area contributed by atoms with E-state index >= 15 is 0 Å². The molecule has 0 bridgehead atoms. The second-order valence-corrected chi connectivity index (χ2v) is 3.97. The van der Waals surface area contributed by atoms with E-state index in [1.165, 1.54) is 51.4 Å². The summed E-state index contributed by atoms with van der Waals surface area (Å²) in [5.74, 6) is 6.43. The van der Waals surface area contributed by atoms with Crippen molar-refractivity contribution in [3.05, 3.63) is 0 Å². The van der Waals surface area contributed by atoms with Gasteiger partial charge in [0.1, 0.15) is 0 Å². The average molecular weight is 194 g/mol. The summed E-state index contributed by atoms with van der Waals surface area (Å²) in [6.45, 7) is 4.45. The third-order valence-corrected chi connectivity index (χ3v) is 2.41. The lowest BCUT2D eigenvalue weighted by Crippen LogP contribution is -1.79. The molecule has 0 atom stereocenters. The third-order valence-electron chi connectivity index (χ3n) is 2.41. The average Bonchev–Trinajstić information content (AvgIpc) is 2.21. The molecule has 0 rings (SSSR count). The van der Waals surface area contributed by atoms with Gasteiger partial charge in [-0.05, 0) is 12.8 Å². The molecule has 0 fully saturated rings. The van der Waals surface area contributed by atoms with Gasteiger partial charge in [-0.15, -0.1) is 11.8 Å². The molecule has 82 valence electrons. The Balaban J connectivity index is 2.96. The van der Waals surface area contributed by atoms with Crippen LogP contribution in [-0.2, 0) is 0 Å². The lowest BCUT2D eigenvalue weighted by molar-refractivity contribution is 0.594. The van der Waals surface area contributed by atoms with Crippen molar-refractivity contribution < 1.29 is 0 Å². The molecule has 0 amide bonds. The Labute approximate surface area is 90.5 Å². The van der Waals surface area contributed by atoms with Crippen LogP contribution in [0.25, 0.3) is 0 Å². The summed E-state index contributed by atoms with van der Waals surface area (Å²) in [5.41, 5.74) is 0. The molecule has 0 aliphatic carbocycles. The molecule has 0 saturated carbocycles. The molecule has 0 unspecified atom stereocenters. The summed E-state index contributed by atoms with van der Waals surface area (Å²) in [4.78, 5) is 0. The molecule has 0 spiro atoms. The molecule has 0 aliphatic heterocycles. The fourth-order valence-electron chi connectivity index (χ4n) is 1.47. The van der Waals surface area contributed by atoms with E-state index in [9.17, 15) is 0 Å². The zero-order valence-electron chi connectivity index (χ0n) is 10.1. The maximum Gasteiger partial charge on any atom is 0.00886 e. The van der Waals surface area contributed by atoms with Crippen LogP contribution in [0.1, 0.15) is 78.1 Å². The second kappa shape index (κ2) is 12.6. The van der Waals surface area contributed by atoms with Gasteiger partial charge in [0.05, 0.1) is 0 Å². The molecular weight excluding hydrogens is 168 g/mol. The number of hydrogen-bond acceptors (Lipinski definition) is 0. The van der Waals surface area contributed by atoms with Gasteiger partial charge in [-0.1, -0.05) is 52.4 Å². The van der Waals surface area contributed by atoms with E-state index in [2.05, 4.69) is 25.7 Å². The Kier molecular flexibility index (Phi) is 12.2.